The fraction of sp³-hybridized carbons (Fsp3) is 0.562. The molecule has 0 saturated carbocycles. The summed E-state index contributed by atoms with van der Waals surface area (Å²) < 4.78 is 5.92. The third-order valence-electron chi connectivity index (χ3n) is 4.31. The fourth-order valence-corrected chi connectivity index (χ4v) is 3.19. The number of fused-ring (bicyclic) bond motifs is 1. The first-order valence-corrected chi connectivity index (χ1v) is 7.17. The second-order valence-electron chi connectivity index (χ2n) is 6.33. The highest BCUT2D eigenvalue weighted by atomic mass is 16.5. The number of hydrogen-bond donors (Lipinski definition) is 1. The van der Waals surface area contributed by atoms with Gasteiger partial charge in [-0.15, -0.1) is 0 Å². The van der Waals surface area contributed by atoms with E-state index in [1.54, 1.807) is 0 Å². The van der Waals surface area contributed by atoms with Gasteiger partial charge < -0.3 is 14.7 Å². The Morgan fingerprint density at radius 2 is 2.15 bits per heavy atom. The van der Waals surface area contributed by atoms with Gasteiger partial charge in [-0.3, -0.25) is 4.79 Å². The molecule has 3 rings (SSSR count). The summed E-state index contributed by atoms with van der Waals surface area (Å²) in [6.07, 6.45) is 0.717. The van der Waals surface area contributed by atoms with Gasteiger partial charge in [0.15, 0.2) is 0 Å². The molecular formula is C16H21NO3. The van der Waals surface area contributed by atoms with Crippen molar-refractivity contribution in [3.8, 4) is 5.75 Å². The number of hydrogen-bond acceptors (Lipinski definition) is 3. The van der Waals surface area contributed by atoms with Gasteiger partial charge in [-0.1, -0.05) is 17.7 Å². The SMILES string of the molecule is Cc1ccc2c(c1)[C@@H](N1CCCC1=O)[C@@H](O)C(C)(C)O2. The molecule has 0 bridgehead atoms. The molecular weight excluding hydrogens is 254 g/mol. The molecule has 1 aromatic rings. The van der Waals surface area contributed by atoms with Crippen LogP contribution in [-0.2, 0) is 4.79 Å². The summed E-state index contributed by atoms with van der Waals surface area (Å²) in [5, 5.41) is 10.7. The van der Waals surface area contributed by atoms with Gasteiger partial charge in [-0.25, -0.2) is 0 Å². The van der Waals surface area contributed by atoms with Crippen LogP contribution in [0.1, 0.15) is 43.9 Å². The summed E-state index contributed by atoms with van der Waals surface area (Å²) in [6, 6.07) is 5.65. The van der Waals surface area contributed by atoms with Crippen LogP contribution in [0.4, 0.5) is 0 Å². The highest BCUT2D eigenvalue weighted by Crippen LogP contribution is 2.44. The molecule has 108 valence electrons. The lowest BCUT2D eigenvalue weighted by Gasteiger charge is -2.45. The van der Waals surface area contributed by atoms with Crippen molar-refractivity contribution in [1.82, 2.24) is 4.90 Å². The molecule has 0 unspecified atom stereocenters. The number of likely N-dealkylation sites (tertiary alicyclic amines) is 1. The second-order valence-corrected chi connectivity index (χ2v) is 6.33. The van der Waals surface area contributed by atoms with E-state index >= 15 is 0 Å². The molecule has 4 heteroatoms. The van der Waals surface area contributed by atoms with Crippen LogP contribution in [0.25, 0.3) is 0 Å². The summed E-state index contributed by atoms with van der Waals surface area (Å²) >= 11 is 0. The molecule has 0 aliphatic carbocycles. The lowest BCUT2D eigenvalue weighted by molar-refractivity contribution is -0.139. The van der Waals surface area contributed by atoms with Crippen molar-refractivity contribution in [2.75, 3.05) is 6.54 Å². The number of aliphatic hydroxyl groups excluding tert-OH is 1. The monoisotopic (exact) mass is 275 g/mol. The van der Waals surface area contributed by atoms with Gasteiger partial charge >= 0.3 is 0 Å². The van der Waals surface area contributed by atoms with E-state index in [1.165, 1.54) is 0 Å². The van der Waals surface area contributed by atoms with Crippen LogP contribution < -0.4 is 4.74 Å². The molecule has 0 spiro atoms. The zero-order valence-electron chi connectivity index (χ0n) is 12.2. The Hall–Kier alpha value is -1.55. The van der Waals surface area contributed by atoms with Crippen LogP contribution in [0.3, 0.4) is 0 Å². The molecule has 20 heavy (non-hydrogen) atoms. The maximum atomic E-state index is 12.1. The molecule has 0 aromatic heterocycles. The largest absolute Gasteiger partial charge is 0.485 e. The summed E-state index contributed by atoms with van der Waals surface area (Å²) in [6.45, 7) is 6.46. The van der Waals surface area contributed by atoms with E-state index in [0.29, 0.717) is 13.0 Å². The van der Waals surface area contributed by atoms with E-state index < -0.39 is 11.7 Å². The molecule has 2 aliphatic heterocycles. The molecule has 2 aliphatic rings. The normalized spacial score (nSPS) is 28.2. The molecule has 1 N–H and O–H groups in total. The Labute approximate surface area is 119 Å². The minimum Gasteiger partial charge on any atom is -0.485 e. The van der Waals surface area contributed by atoms with E-state index in [1.807, 2.05) is 43.9 Å². The minimum absolute atomic E-state index is 0.124. The van der Waals surface area contributed by atoms with E-state index in [-0.39, 0.29) is 11.9 Å². The summed E-state index contributed by atoms with van der Waals surface area (Å²) in [5.41, 5.74) is 1.33. The van der Waals surface area contributed by atoms with Crippen LogP contribution >= 0.6 is 0 Å². The van der Waals surface area contributed by atoms with Gasteiger partial charge in [0.1, 0.15) is 17.5 Å². The van der Waals surface area contributed by atoms with Crippen LogP contribution in [0, 0.1) is 6.92 Å². The van der Waals surface area contributed by atoms with Crippen LogP contribution in [-0.4, -0.2) is 34.2 Å². The smallest absolute Gasteiger partial charge is 0.223 e. The summed E-state index contributed by atoms with van der Waals surface area (Å²) in [7, 11) is 0. The van der Waals surface area contributed by atoms with Gasteiger partial charge in [0.2, 0.25) is 5.91 Å². The number of carbonyl (C=O) groups excluding carboxylic acids is 1. The average Bonchev–Trinajstić information content (AvgIpc) is 2.78. The number of aryl methyl sites for hydroxylation is 1. The van der Waals surface area contributed by atoms with Crippen LogP contribution in [0.15, 0.2) is 18.2 Å². The van der Waals surface area contributed by atoms with Gasteiger partial charge in [0.05, 0.1) is 6.04 Å². The fourth-order valence-electron chi connectivity index (χ4n) is 3.19. The first kappa shape index (κ1) is 13.4. The Balaban J connectivity index is 2.10. The zero-order chi connectivity index (χ0) is 14.5. The summed E-state index contributed by atoms with van der Waals surface area (Å²) in [5.74, 6) is 0.898. The Bertz CT molecular complexity index is 553. The molecule has 1 amide bonds. The van der Waals surface area contributed by atoms with Crippen molar-refractivity contribution in [3.05, 3.63) is 29.3 Å². The standard InChI is InChI=1S/C16H21NO3/c1-10-6-7-12-11(9-10)14(15(19)16(2,3)20-12)17-8-4-5-13(17)18/h6-7,9,14-15,19H,4-5,8H2,1-3H3/t14-,15-/m1/s1. The molecule has 4 nitrogen and oxygen atoms in total. The van der Waals surface area contributed by atoms with Gasteiger partial charge in [-0.05, 0) is 33.3 Å². The molecule has 0 radical (unpaired) electrons. The van der Waals surface area contributed by atoms with Gasteiger partial charge in [-0.2, -0.15) is 0 Å². The number of nitrogens with zero attached hydrogens (tertiary/aromatic N) is 1. The molecule has 1 fully saturated rings. The second kappa shape index (κ2) is 4.48. The van der Waals surface area contributed by atoms with Crippen molar-refractivity contribution in [2.45, 2.75) is 51.4 Å². The van der Waals surface area contributed by atoms with Gasteiger partial charge in [0.25, 0.3) is 0 Å². The van der Waals surface area contributed by atoms with Crippen molar-refractivity contribution in [3.63, 3.8) is 0 Å². The molecule has 2 heterocycles. The Kier molecular flexibility index (Phi) is 3.01. The molecule has 1 saturated heterocycles. The van der Waals surface area contributed by atoms with Gasteiger partial charge in [0, 0.05) is 18.5 Å². The Morgan fingerprint density at radius 1 is 1.40 bits per heavy atom. The third kappa shape index (κ3) is 1.99. The number of ether oxygens (including phenoxy) is 1. The number of aliphatic hydroxyl groups is 1. The topological polar surface area (TPSA) is 49.8 Å². The third-order valence-corrected chi connectivity index (χ3v) is 4.31. The quantitative estimate of drug-likeness (QED) is 0.854. The first-order valence-electron chi connectivity index (χ1n) is 7.17. The number of benzene rings is 1. The average molecular weight is 275 g/mol. The van der Waals surface area contributed by atoms with Crippen molar-refractivity contribution < 1.29 is 14.6 Å². The number of amides is 1. The van der Waals surface area contributed by atoms with E-state index in [4.69, 9.17) is 4.74 Å². The van der Waals surface area contributed by atoms with E-state index in [9.17, 15) is 9.90 Å². The van der Waals surface area contributed by atoms with Crippen molar-refractivity contribution >= 4 is 5.91 Å². The van der Waals surface area contributed by atoms with Crippen molar-refractivity contribution in [1.29, 1.82) is 0 Å². The van der Waals surface area contributed by atoms with Crippen molar-refractivity contribution in [2.24, 2.45) is 0 Å². The highest BCUT2D eigenvalue weighted by molar-refractivity contribution is 5.79. The first-order chi connectivity index (χ1) is 9.40. The highest BCUT2D eigenvalue weighted by Gasteiger charge is 2.47. The zero-order valence-corrected chi connectivity index (χ0v) is 12.2. The minimum atomic E-state index is -0.723. The predicted molar refractivity (Wildman–Crippen MR) is 75.6 cm³/mol. The molecule has 2 atom stereocenters. The lowest BCUT2D eigenvalue weighted by atomic mass is 9.85. The molecule has 1 aromatic carbocycles. The van der Waals surface area contributed by atoms with E-state index in [0.717, 1.165) is 23.3 Å². The van der Waals surface area contributed by atoms with Crippen LogP contribution in [0.5, 0.6) is 5.75 Å². The maximum Gasteiger partial charge on any atom is 0.223 e. The van der Waals surface area contributed by atoms with E-state index in [2.05, 4.69) is 0 Å². The van der Waals surface area contributed by atoms with Crippen LogP contribution in [0.2, 0.25) is 0 Å². The Morgan fingerprint density at radius 3 is 2.80 bits per heavy atom. The number of rotatable bonds is 1. The lowest BCUT2D eigenvalue weighted by Crippen LogP contribution is -2.53. The summed E-state index contributed by atoms with van der Waals surface area (Å²) in [4.78, 5) is 13.9. The predicted octanol–water partition coefficient (Wildman–Crippen LogP) is 2.19. The number of carbonyl (C=O) groups is 1. The maximum absolute atomic E-state index is 12.1.